The van der Waals surface area contributed by atoms with Crippen LogP contribution in [0.25, 0.3) is 0 Å². The Kier molecular flexibility index (Phi) is 6.01. The third kappa shape index (κ3) is 4.29. The molecule has 138 valence electrons. The van der Waals surface area contributed by atoms with E-state index in [0.717, 1.165) is 55.8 Å². The van der Waals surface area contributed by atoms with Crippen LogP contribution >= 0.6 is 0 Å². The van der Waals surface area contributed by atoms with Gasteiger partial charge in [-0.05, 0) is 55.1 Å². The van der Waals surface area contributed by atoms with Crippen LogP contribution in [-0.4, -0.2) is 52.0 Å². The molecule has 1 N–H and O–H groups in total. The second kappa shape index (κ2) is 8.43. The lowest BCUT2D eigenvalue weighted by Gasteiger charge is -2.29. The molecule has 1 aromatic heterocycles. The van der Waals surface area contributed by atoms with Crippen molar-refractivity contribution in [3.8, 4) is 0 Å². The third-order valence-corrected chi connectivity index (χ3v) is 5.29. The first-order chi connectivity index (χ1) is 12.6. The number of hydrogen-bond donors (Lipinski definition) is 1. The van der Waals surface area contributed by atoms with Gasteiger partial charge in [0.2, 0.25) is 0 Å². The minimum absolute atomic E-state index is 0.576. The minimum Gasteiger partial charge on any atom is -0.480 e. The summed E-state index contributed by atoms with van der Waals surface area (Å²) in [7, 11) is 0. The van der Waals surface area contributed by atoms with E-state index in [4.69, 9.17) is 0 Å². The Bertz CT molecular complexity index is 748. The van der Waals surface area contributed by atoms with Gasteiger partial charge < -0.3 is 5.11 Å². The van der Waals surface area contributed by atoms with Crippen molar-refractivity contribution >= 4 is 5.97 Å². The Morgan fingerprint density at radius 3 is 2.73 bits per heavy atom. The van der Waals surface area contributed by atoms with E-state index in [2.05, 4.69) is 20.9 Å². The molecular formula is C21H27N3O2. The summed E-state index contributed by atoms with van der Waals surface area (Å²) in [5, 5.41) is 9.92. The predicted molar refractivity (Wildman–Crippen MR) is 102 cm³/mol. The zero-order valence-corrected chi connectivity index (χ0v) is 15.6. The SMILES string of the molecule is Cc1cccc(C(C(=O)O)N2CCCN(Cc3cccnc3)CC2)c1C. The van der Waals surface area contributed by atoms with Crippen molar-refractivity contribution in [3.63, 3.8) is 0 Å². The number of pyridine rings is 1. The van der Waals surface area contributed by atoms with Crippen LogP contribution in [0.15, 0.2) is 42.7 Å². The number of aromatic nitrogens is 1. The van der Waals surface area contributed by atoms with E-state index in [1.54, 1.807) is 6.20 Å². The molecule has 5 heteroatoms. The molecule has 1 atom stereocenters. The molecule has 1 aromatic carbocycles. The fourth-order valence-electron chi connectivity index (χ4n) is 3.71. The maximum atomic E-state index is 12.1. The highest BCUT2D eigenvalue weighted by Gasteiger charge is 2.30. The molecule has 0 saturated carbocycles. The average Bonchev–Trinajstić information content (AvgIpc) is 2.85. The summed E-state index contributed by atoms with van der Waals surface area (Å²) in [6.45, 7) is 8.32. The maximum Gasteiger partial charge on any atom is 0.325 e. The molecule has 0 bridgehead atoms. The van der Waals surface area contributed by atoms with Crippen LogP contribution in [-0.2, 0) is 11.3 Å². The van der Waals surface area contributed by atoms with Crippen LogP contribution in [0.2, 0.25) is 0 Å². The Morgan fingerprint density at radius 1 is 1.15 bits per heavy atom. The molecule has 0 amide bonds. The molecule has 0 radical (unpaired) electrons. The molecule has 1 fully saturated rings. The zero-order valence-electron chi connectivity index (χ0n) is 15.6. The third-order valence-electron chi connectivity index (χ3n) is 5.29. The van der Waals surface area contributed by atoms with Gasteiger partial charge in [-0.1, -0.05) is 24.3 Å². The highest BCUT2D eigenvalue weighted by atomic mass is 16.4. The highest BCUT2D eigenvalue weighted by molar-refractivity contribution is 5.76. The van der Waals surface area contributed by atoms with E-state index < -0.39 is 12.0 Å². The number of aliphatic carboxylic acids is 1. The van der Waals surface area contributed by atoms with Crippen molar-refractivity contribution < 1.29 is 9.90 Å². The van der Waals surface area contributed by atoms with Crippen molar-refractivity contribution in [1.82, 2.24) is 14.8 Å². The van der Waals surface area contributed by atoms with Crippen molar-refractivity contribution in [3.05, 3.63) is 65.0 Å². The van der Waals surface area contributed by atoms with Crippen molar-refractivity contribution in [1.29, 1.82) is 0 Å². The van der Waals surface area contributed by atoms with E-state index >= 15 is 0 Å². The molecular weight excluding hydrogens is 326 g/mol. The molecule has 3 rings (SSSR count). The van der Waals surface area contributed by atoms with Gasteiger partial charge in [-0.25, -0.2) is 0 Å². The predicted octanol–water partition coefficient (Wildman–Crippen LogP) is 3.03. The highest BCUT2D eigenvalue weighted by Crippen LogP contribution is 2.27. The van der Waals surface area contributed by atoms with Gasteiger partial charge >= 0.3 is 5.97 Å². The molecule has 0 aliphatic carbocycles. The summed E-state index contributed by atoms with van der Waals surface area (Å²) < 4.78 is 0. The van der Waals surface area contributed by atoms with E-state index in [-0.39, 0.29) is 0 Å². The number of carbonyl (C=O) groups is 1. The summed E-state index contributed by atoms with van der Waals surface area (Å²) in [5.41, 5.74) is 4.33. The molecule has 1 aliphatic heterocycles. The lowest BCUT2D eigenvalue weighted by atomic mass is 9.96. The van der Waals surface area contributed by atoms with Gasteiger partial charge in [0.25, 0.3) is 0 Å². The molecule has 1 saturated heterocycles. The van der Waals surface area contributed by atoms with Gasteiger partial charge in [-0.15, -0.1) is 0 Å². The van der Waals surface area contributed by atoms with Gasteiger partial charge in [0, 0.05) is 38.6 Å². The number of carboxylic acids is 1. The number of hydrogen-bond acceptors (Lipinski definition) is 4. The quantitative estimate of drug-likeness (QED) is 0.895. The first-order valence-corrected chi connectivity index (χ1v) is 9.20. The molecule has 1 aliphatic rings. The van der Waals surface area contributed by atoms with Crippen LogP contribution in [0.5, 0.6) is 0 Å². The molecule has 26 heavy (non-hydrogen) atoms. The molecule has 2 heterocycles. The van der Waals surface area contributed by atoms with E-state index in [0.29, 0.717) is 0 Å². The largest absolute Gasteiger partial charge is 0.480 e. The molecule has 2 aromatic rings. The van der Waals surface area contributed by atoms with E-state index in [9.17, 15) is 9.90 Å². The number of nitrogens with zero attached hydrogens (tertiary/aromatic N) is 3. The van der Waals surface area contributed by atoms with Gasteiger partial charge in [0.15, 0.2) is 0 Å². The normalized spacial score (nSPS) is 17.6. The second-order valence-corrected chi connectivity index (χ2v) is 7.06. The van der Waals surface area contributed by atoms with Crippen molar-refractivity contribution in [2.24, 2.45) is 0 Å². The zero-order chi connectivity index (χ0) is 18.5. The molecule has 5 nitrogen and oxygen atoms in total. The van der Waals surface area contributed by atoms with Gasteiger partial charge in [-0.2, -0.15) is 0 Å². The Balaban J connectivity index is 1.73. The topological polar surface area (TPSA) is 56.7 Å². The number of carboxylic acid groups (broad SMARTS) is 1. The van der Waals surface area contributed by atoms with Crippen LogP contribution in [0.3, 0.4) is 0 Å². The standard InChI is InChI=1S/C21H27N3O2/c1-16-6-3-8-19(17(16)2)20(21(25)26)24-11-5-10-23(12-13-24)15-18-7-4-9-22-14-18/h3-4,6-9,14,20H,5,10-13,15H2,1-2H3,(H,25,26). The monoisotopic (exact) mass is 353 g/mol. The van der Waals surface area contributed by atoms with Gasteiger partial charge in [0.05, 0.1) is 0 Å². The number of aryl methyl sites for hydroxylation is 1. The van der Waals surface area contributed by atoms with Crippen molar-refractivity contribution in [2.45, 2.75) is 32.9 Å². The average molecular weight is 353 g/mol. The van der Waals surface area contributed by atoms with E-state index in [1.807, 2.05) is 44.3 Å². The summed E-state index contributed by atoms with van der Waals surface area (Å²) >= 11 is 0. The molecule has 0 spiro atoms. The first kappa shape index (κ1) is 18.5. The van der Waals surface area contributed by atoms with E-state index in [1.165, 1.54) is 5.56 Å². The second-order valence-electron chi connectivity index (χ2n) is 7.06. The van der Waals surface area contributed by atoms with Crippen LogP contribution < -0.4 is 0 Å². The minimum atomic E-state index is -0.764. The first-order valence-electron chi connectivity index (χ1n) is 9.20. The van der Waals surface area contributed by atoms with Gasteiger partial charge in [-0.3, -0.25) is 19.6 Å². The summed E-state index contributed by atoms with van der Waals surface area (Å²) in [6, 6.07) is 9.43. The Labute approximate surface area is 155 Å². The van der Waals surface area contributed by atoms with Gasteiger partial charge in [0.1, 0.15) is 6.04 Å². The summed E-state index contributed by atoms with van der Waals surface area (Å²) in [4.78, 5) is 20.8. The number of benzene rings is 1. The van der Waals surface area contributed by atoms with Crippen LogP contribution in [0.4, 0.5) is 0 Å². The van der Waals surface area contributed by atoms with Crippen LogP contribution in [0.1, 0.15) is 34.7 Å². The summed E-state index contributed by atoms with van der Waals surface area (Å²) in [6.07, 6.45) is 4.66. The Morgan fingerprint density at radius 2 is 2.00 bits per heavy atom. The van der Waals surface area contributed by atoms with Crippen LogP contribution in [0, 0.1) is 13.8 Å². The number of rotatable bonds is 5. The fourth-order valence-corrected chi connectivity index (χ4v) is 3.71. The smallest absolute Gasteiger partial charge is 0.325 e. The maximum absolute atomic E-state index is 12.1. The lowest BCUT2D eigenvalue weighted by Crippen LogP contribution is -2.37. The lowest BCUT2D eigenvalue weighted by molar-refractivity contribution is -0.143. The Hall–Kier alpha value is -2.24. The summed E-state index contributed by atoms with van der Waals surface area (Å²) in [5.74, 6) is -0.764. The molecule has 1 unspecified atom stereocenters. The van der Waals surface area contributed by atoms with Crippen molar-refractivity contribution in [2.75, 3.05) is 26.2 Å². The fraction of sp³-hybridized carbons (Fsp3) is 0.429.